The molecule has 0 unspecified atom stereocenters. The van der Waals surface area contributed by atoms with E-state index in [1.54, 1.807) is 0 Å². The lowest BCUT2D eigenvalue weighted by atomic mass is 9.96. The van der Waals surface area contributed by atoms with Gasteiger partial charge >= 0.3 is 6.01 Å². The van der Waals surface area contributed by atoms with E-state index in [1.807, 2.05) is 0 Å². The summed E-state index contributed by atoms with van der Waals surface area (Å²) in [6, 6.07) is -0.127. The van der Waals surface area contributed by atoms with Gasteiger partial charge in [-0.25, -0.2) is 5.10 Å². The van der Waals surface area contributed by atoms with E-state index in [2.05, 4.69) is 61.6 Å². The minimum absolute atomic E-state index is 0.0223. The van der Waals surface area contributed by atoms with E-state index in [-0.39, 0.29) is 17.1 Å². The first-order valence-electron chi connectivity index (χ1n) is 5.49. The molecule has 0 aliphatic heterocycles. The lowest BCUT2D eigenvalue weighted by Gasteiger charge is -2.44. The van der Waals surface area contributed by atoms with Gasteiger partial charge in [-0.1, -0.05) is 0 Å². The zero-order valence-corrected chi connectivity index (χ0v) is 11.0. The van der Waals surface area contributed by atoms with Crippen LogP contribution in [0.4, 0.5) is 0 Å². The van der Waals surface area contributed by atoms with Gasteiger partial charge in [0.2, 0.25) is 0 Å². The largest absolute Gasteiger partial charge is 0.479 e. The molecule has 1 rings (SSSR count). The second kappa shape index (κ2) is 4.05. The molecule has 1 aromatic heterocycles. The molecule has 1 heterocycles. The van der Waals surface area contributed by atoms with Gasteiger partial charge in [-0.15, -0.1) is 0 Å². The molecule has 0 fully saturated rings. The number of hydrogen-bond donors (Lipinski definition) is 2. The maximum absolute atomic E-state index is 9.12. The minimum Gasteiger partial charge on any atom is -0.479 e. The van der Waals surface area contributed by atoms with E-state index in [0.717, 1.165) is 0 Å². The minimum atomic E-state index is -0.127. The highest BCUT2D eigenvalue weighted by atomic mass is 16.3. The topological polar surface area (TPSA) is 65.0 Å². The van der Waals surface area contributed by atoms with Crippen LogP contribution < -0.4 is 0 Å². The molecule has 5 nitrogen and oxygen atoms in total. The molecule has 0 bridgehead atoms. The fourth-order valence-electron chi connectivity index (χ4n) is 1.98. The Morgan fingerprint density at radius 2 is 1.62 bits per heavy atom. The van der Waals surface area contributed by atoms with Crippen molar-refractivity contribution < 1.29 is 5.11 Å². The zero-order valence-electron chi connectivity index (χ0n) is 11.0. The van der Waals surface area contributed by atoms with Crippen molar-refractivity contribution in [2.45, 2.75) is 59.2 Å². The van der Waals surface area contributed by atoms with Crippen molar-refractivity contribution in [3.63, 3.8) is 0 Å². The highest BCUT2D eigenvalue weighted by Gasteiger charge is 2.32. The first-order chi connectivity index (χ1) is 7.10. The monoisotopic (exact) mass is 226 g/mol. The standard InChI is InChI=1S/C11H22N4O/c1-10(2,3)15(11(4,5)6)7-8-12-9(16)14-13-8/h7H2,1-6H3,(H2,12,13,14,16). The summed E-state index contributed by atoms with van der Waals surface area (Å²) >= 11 is 0. The number of aromatic hydroxyl groups is 1. The third-order valence-corrected chi connectivity index (χ3v) is 2.44. The lowest BCUT2D eigenvalue weighted by molar-refractivity contribution is 0.0273. The van der Waals surface area contributed by atoms with E-state index in [1.165, 1.54) is 0 Å². The van der Waals surface area contributed by atoms with Crippen molar-refractivity contribution in [3.8, 4) is 6.01 Å². The van der Waals surface area contributed by atoms with Crippen LogP contribution in [0.25, 0.3) is 0 Å². The predicted octanol–water partition coefficient (Wildman–Crippen LogP) is 1.91. The molecule has 0 saturated carbocycles. The summed E-state index contributed by atoms with van der Waals surface area (Å²) in [6.07, 6.45) is 0. The number of hydrogen-bond acceptors (Lipinski definition) is 4. The van der Waals surface area contributed by atoms with Crippen LogP contribution in [-0.2, 0) is 6.54 Å². The summed E-state index contributed by atoms with van der Waals surface area (Å²) in [5, 5.41) is 15.5. The summed E-state index contributed by atoms with van der Waals surface area (Å²) < 4.78 is 0. The SMILES string of the molecule is CC(C)(C)N(Cc1n[nH]c(O)n1)C(C)(C)C. The Morgan fingerprint density at radius 3 is 1.94 bits per heavy atom. The Bertz CT molecular complexity index is 332. The summed E-state index contributed by atoms with van der Waals surface area (Å²) in [7, 11) is 0. The van der Waals surface area contributed by atoms with Crippen LogP contribution in [0.2, 0.25) is 0 Å². The van der Waals surface area contributed by atoms with Crippen molar-refractivity contribution in [1.82, 2.24) is 20.1 Å². The highest BCUT2D eigenvalue weighted by molar-refractivity contribution is 4.96. The van der Waals surface area contributed by atoms with Gasteiger partial charge in [-0.05, 0) is 41.5 Å². The molecule has 0 aliphatic carbocycles. The zero-order chi connectivity index (χ0) is 12.6. The summed E-state index contributed by atoms with van der Waals surface area (Å²) in [4.78, 5) is 6.22. The molecule has 5 heteroatoms. The summed E-state index contributed by atoms with van der Waals surface area (Å²) in [5.41, 5.74) is 0.0446. The number of nitrogens with zero attached hydrogens (tertiary/aromatic N) is 3. The van der Waals surface area contributed by atoms with E-state index in [9.17, 15) is 0 Å². The fourth-order valence-corrected chi connectivity index (χ4v) is 1.98. The molecule has 0 aromatic carbocycles. The molecule has 0 amide bonds. The predicted molar refractivity (Wildman–Crippen MR) is 63.1 cm³/mol. The number of aromatic amines is 1. The van der Waals surface area contributed by atoms with Gasteiger partial charge in [0.25, 0.3) is 0 Å². The van der Waals surface area contributed by atoms with Gasteiger partial charge in [-0.3, -0.25) is 4.90 Å². The highest BCUT2D eigenvalue weighted by Crippen LogP contribution is 2.26. The second-order valence-corrected chi connectivity index (χ2v) is 6.00. The van der Waals surface area contributed by atoms with Crippen LogP contribution in [-0.4, -0.2) is 36.3 Å². The third kappa shape index (κ3) is 3.20. The molecule has 0 radical (unpaired) electrons. The van der Waals surface area contributed by atoms with Crippen LogP contribution in [0.3, 0.4) is 0 Å². The van der Waals surface area contributed by atoms with Crippen molar-refractivity contribution in [3.05, 3.63) is 5.82 Å². The quantitative estimate of drug-likeness (QED) is 0.808. The van der Waals surface area contributed by atoms with Gasteiger partial charge in [0.15, 0.2) is 5.82 Å². The number of H-pyrrole nitrogens is 1. The number of nitrogens with one attached hydrogen (secondary N) is 1. The second-order valence-electron chi connectivity index (χ2n) is 6.00. The molecule has 92 valence electrons. The number of aromatic nitrogens is 3. The van der Waals surface area contributed by atoms with Crippen LogP contribution in [0, 0.1) is 0 Å². The average molecular weight is 226 g/mol. The molecule has 16 heavy (non-hydrogen) atoms. The first-order valence-corrected chi connectivity index (χ1v) is 5.49. The van der Waals surface area contributed by atoms with Gasteiger partial charge < -0.3 is 5.11 Å². The van der Waals surface area contributed by atoms with Gasteiger partial charge in [0.05, 0.1) is 6.54 Å². The van der Waals surface area contributed by atoms with E-state index < -0.39 is 0 Å². The molecular formula is C11H22N4O. The smallest absolute Gasteiger partial charge is 0.309 e. The lowest BCUT2D eigenvalue weighted by Crippen LogP contribution is -2.52. The molecule has 0 saturated heterocycles. The average Bonchev–Trinajstić information content (AvgIpc) is 2.43. The van der Waals surface area contributed by atoms with Gasteiger partial charge in [-0.2, -0.15) is 10.1 Å². The van der Waals surface area contributed by atoms with Gasteiger partial charge in [0, 0.05) is 11.1 Å². The molecule has 0 atom stereocenters. The van der Waals surface area contributed by atoms with E-state index >= 15 is 0 Å². The van der Waals surface area contributed by atoms with E-state index in [0.29, 0.717) is 12.4 Å². The first kappa shape index (κ1) is 13.0. The van der Waals surface area contributed by atoms with Crippen molar-refractivity contribution in [2.75, 3.05) is 0 Å². The normalized spacial score (nSPS) is 13.4. The van der Waals surface area contributed by atoms with Crippen LogP contribution in [0.1, 0.15) is 47.4 Å². The molecule has 0 aliphatic rings. The van der Waals surface area contributed by atoms with Crippen LogP contribution in [0.5, 0.6) is 6.01 Å². The summed E-state index contributed by atoms with van der Waals surface area (Å²) in [6.45, 7) is 13.6. The third-order valence-electron chi connectivity index (χ3n) is 2.44. The maximum atomic E-state index is 9.12. The Balaban J connectivity index is 2.88. The van der Waals surface area contributed by atoms with E-state index in [4.69, 9.17) is 5.11 Å². The Labute approximate surface area is 96.9 Å². The van der Waals surface area contributed by atoms with Crippen molar-refractivity contribution in [1.29, 1.82) is 0 Å². The van der Waals surface area contributed by atoms with Crippen LogP contribution in [0.15, 0.2) is 0 Å². The Hall–Kier alpha value is -1.10. The van der Waals surface area contributed by atoms with Crippen molar-refractivity contribution in [2.24, 2.45) is 0 Å². The Morgan fingerprint density at radius 1 is 1.12 bits per heavy atom. The fraction of sp³-hybridized carbons (Fsp3) is 0.818. The Kier molecular flexibility index (Phi) is 3.28. The molecule has 0 spiro atoms. The van der Waals surface area contributed by atoms with Gasteiger partial charge in [0.1, 0.15) is 0 Å². The molecular weight excluding hydrogens is 204 g/mol. The van der Waals surface area contributed by atoms with Crippen molar-refractivity contribution >= 4 is 0 Å². The molecule has 2 N–H and O–H groups in total. The van der Waals surface area contributed by atoms with Crippen LogP contribution >= 0.6 is 0 Å². The summed E-state index contributed by atoms with van der Waals surface area (Å²) in [5.74, 6) is 0.613. The number of rotatable bonds is 2. The molecule has 1 aromatic rings. The maximum Gasteiger partial charge on any atom is 0.309 e.